The standard InChI is InChI=1S/2C5H11N.2BrH/c2*1-2-4-6-5-3-1;;/h2*6H,1-5H2;2*1H. The Labute approximate surface area is 109 Å². The van der Waals surface area contributed by atoms with Crippen molar-refractivity contribution >= 4 is 0 Å². The van der Waals surface area contributed by atoms with Crippen molar-refractivity contribution in [2.45, 2.75) is 38.5 Å². The van der Waals surface area contributed by atoms with Gasteiger partial charge >= 0.3 is 0 Å². The quantitative estimate of drug-likeness (QED) is 0.443. The van der Waals surface area contributed by atoms with Gasteiger partial charge in [0.15, 0.2) is 0 Å². The van der Waals surface area contributed by atoms with Crippen molar-refractivity contribution in [3.8, 4) is 0 Å². The van der Waals surface area contributed by atoms with Crippen LogP contribution in [-0.2, 0) is 0 Å². The Hall–Kier alpha value is 0.880. The number of hydrogen-bond donors (Lipinski definition) is 2. The third-order valence-electron chi connectivity index (χ3n) is 2.63. The summed E-state index contributed by atoms with van der Waals surface area (Å²) in [4.78, 5) is 0. The first-order valence-corrected chi connectivity index (χ1v) is 5.63. The van der Waals surface area contributed by atoms with Crippen LogP contribution in [0.2, 0.25) is 0 Å². The van der Waals surface area contributed by atoms with E-state index in [-0.39, 0.29) is 34.0 Å². The van der Waals surface area contributed by atoms with Crippen LogP contribution in [0, 0.1) is 0 Å². The number of quaternary nitrogens is 2. The minimum Gasteiger partial charge on any atom is -1.00 e. The van der Waals surface area contributed by atoms with Crippen LogP contribution in [0.4, 0.5) is 0 Å². The molecule has 0 aromatic rings. The summed E-state index contributed by atoms with van der Waals surface area (Å²) >= 11 is 0. The molecule has 0 aromatic heterocycles. The zero-order valence-corrected chi connectivity index (χ0v) is 12.2. The van der Waals surface area contributed by atoms with E-state index < -0.39 is 0 Å². The van der Waals surface area contributed by atoms with Crippen LogP contribution < -0.4 is 44.6 Å². The van der Waals surface area contributed by atoms with Gasteiger partial charge < -0.3 is 44.6 Å². The van der Waals surface area contributed by atoms with Gasteiger partial charge in [-0.2, -0.15) is 0 Å². The molecule has 0 saturated carbocycles. The summed E-state index contributed by atoms with van der Waals surface area (Å²) in [6.45, 7) is 5.50. The van der Waals surface area contributed by atoms with Gasteiger partial charge in [-0.1, -0.05) is 0 Å². The lowest BCUT2D eigenvalue weighted by atomic mass is 10.2. The molecule has 0 amide bonds. The average molecular weight is 332 g/mol. The van der Waals surface area contributed by atoms with E-state index in [4.69, 9.17) is 0 Å². The monoisotopic (exact) mass is 330 g/mol. The maximum absolute atomic E-state index is 2.39. The Balaban J connectivity index is 0. The first-order valence-electron chi connectivity index (χ1n) is 5.63. The van der Waals surface area contributed by atoms with Crippen molar-refractivity contribution in [3.63, 3.8) is 0 Å². The van der Waals surface area contributed by atoms with Crippen LogP contribution in [0.15, 0.2) is 0 Å². The molecule has 0 atom stereocenters. The molecule has 0 aromatic carbocycles. The molecule has 0 unspecified atom stereocenters. The van der Waals surface area contributed by atoms with Gasteiger partial charge in [-0.25, -0.2) is 0 Å². The van der Waals surface area contributed by atoms with Gasteiger partial charge in [-0.15, -0.1) is 0 Å². The van der Waals surface area contributed by atoms with Crippen LogP contribution in [0.3, 0.4) is 0 Å². The third kappa shape index (κ3) is 11.0. The Morgan fingerprint density at radius 3 is 0.786 bits per heavy atom. The fraction of sp³-hybridized carbons (Fsp3) is 1.00. The molecule has 0 bridgehead atoms. The largest absolute Gasteiger partial charge is 1.00 e. The van der Waals surface area contributed by atoms with Crippen LogP contribution in [0.1, 0.15) is 38.5 Å². The summed E-state index contributed by atoms with van der Waals surface area (Å²) < 4.78 is 0. The number of rotatable bonds is 0. The molecule has 0 aliphatic carbocycles. The van der Waals surface area contributed by atoms with E-state index in [0.29, 0.717) is 0 Å². The highest BCUT2D eigenvalue weighted by molar-refractivity contribution is 4.41. The van der Waals surface area contributed by atoms with Crippen LogP contribution >= 0.6 is 0 Å². The zero-order valence-electron chi connectivity index (χ0n) is 8.98. The molecule has 2 nitrogen and oxygen atoms in total. The normalized spacial score (nSPS) is 20.6. The zero-order chi connectivity index (χ0) is 8.49. The fourth-order valence-corrected chi connectivity index (χ4v) is 1.80. The number of halogens is 2. The summed E-state index contributed by atoms with van der Waals surface area (Å²) in [6.07, 6.45) is 8.72. The lowest BCUT2D eigenvalue weighted by Gasteiger charge is -2.05. The predicted octanol–water partition coefficient (Wildman–Crippen LogP) is -6.52. The highest BCUT2D eigenvalue weighted by Crippen LogP contribution is 1.91. The van der Waals surface area contributed by atoms with Crippen LogP contribution in [0.25, 0.3) is 0 Å². The van der Waals surface area contributed by atoms with Crippen LogP contribution in [-0.4, -0.2) is 26.2 Å². The Kier molecular flexibility index (Phi) is 17.1. The molecule has 4 heteroatoms. The van der Waals surface area contributed by atoms with Crippen molar-refractivity contribution in [2.75, 3.05) is 26.2 Å². The molecule has 2 saturated heterocycles. The summed E-state index contributed by atoms with van der Waals surface area (Å²) in [5.41, 5.74) is 0. The van der Waals surface area contributed by atoms with Gasteiger partial charge in [-0.05, 0) is 38.5 Å². The summed E-state index contributed by atoms with van der Waals surface area (Å²) in [6, 6.07) is 0. The predicted molar refractivity (Wildman–Crippen MR) is 51.0 cm³/mol. The molecule has 88 valence electrons. The highest BCUT2D eigenvalue weighted by Gasteiger charge is 1.98. The Bertz CT molecular complexity index is 59.1. The van der Waals surface area contributed by atoms with E-state index >= 15 is 0 Å². The number of hydrogen-bond acceptors (Lipinski definition) is 0. The minimum atomic E-state index is 0. The minimum absolute atomic E-state index is 0. The van der Waals surface area contributed by atoms with Crippen molar-refractivity contribution in [2.24, 2.45) is 0 Å². The van der Waals surface area contributed by atoms with Crippen molar-refractivity contribution in [1.29, 1.82) is 0 Å². The molecule has 2 aliphatic rings. The summed E-state index contributed by atoms with van der Waals surface area (Å²) in [7, 11) is 0. The van der Waals surface area contributed by atoms with E-state index in [1.807, 2.05) is 0 Å². The molecule has 2 fully saturated rings. The van der Waals surface area contributed by atoms with E-state index in [1.165, 1.54) is 64.7 Å². The maximum Gasteiger partial charge on any atom is 0.0755 e. The second kappa shape index (κ2) is 13.9. The molecule has 0 spiro atoms. The fourth-order valence-electron chi connectivity index (χ4n) is 1.80. The van der Waals surface area contributed by atoms with Gasteiger partial charge in [0.25, 0.3) is 0 Å². The molecule has 2 rings (SSSR count). The number of piperidine rings is 2. The summed E-state index contributed by atoms with van der Waals surface area (Å²) in [5.74, 6) is 0. The number of nitrogens with two attached hydrogens (primary N) is 2. The van der Waals surface area contributed by atoms with Crippen molar-refractivity contribution in [3.05, 3.63) is 0 Å². The topological polar surface area (TPSA) is 33.2 Å². The molecule has 2 aliphatic heterocycles. The molecule has 4 N–H and O–H groups in total. The molecule has 2 heterocycles. The Morgan fingerprint density at radius 2 is 0.714 bits per heavy atom. The molecule has 0 radical (unpaired) electrons. The van der Waals surface area contributed by atoms with E-state index in [9.17, 15) is 0 Å². The molecular formula is C10H24Br2N2. The van der Waals surface area contributed by atoms with E-state index in [0.717, 1.165) is 0 Å². The molecular weight excluding hydrogens is 308 g/mol. The lowest BCUT2D eigenvalue weighted by molar-refractivity contribution is -0.662. The smallest absolute Gasteiger partial charge is 0.0755 e. The van der Waals surface area contributed by atoms with Gasteiger partial charge in [0.1, 0.15) is 0 Å². The van der Waals surface area contributed by atoms with Gasteiger partial charge in [0.05, 0.1) is 26.2 Å². The van der Waals surface area contributed by atoms with Crippen LogP contribution in [0.5, 0.6) is 0 Å². The maximum atomic E-state index is 2.39. The second-order valence-electron chi connectivity index (χ2n) is 3.85. The van der Waals surface area contributed by atoms with Crippen molar-refractivity contribution < 1.29 is 44.6 Å². The van der Waals surface area contributed by atoms with E-state index in [2.05, 4.69) is 10.6 Å². The van der Waals surface area contributed by atoms with Gasteiger partial charge in [0.2, 0.25) is 0 Å². The average Bonchev–Trinajstić information content (AvgIpc) is 2.24. The highest BCUT2D eigenvalue weighted by atomic mass is 79.9. The Morgan fingerprint density at radius 1 is 0.429 bits per heavy atom. The van der Waals surface area contributed by atoms with E-state index in [1.54, 1.807) is 0 Å². The first kappa shape index (κ1) is 17.3. The van der Waals surface area contributed by atoms with Gasteiger partial charge in [0, 0.05) is 0 Å². The van der Waals surface area contributed by atoms with Crippen molar-refractivity contribution in [1.82, 2.24) is 0 Å². The third-order valence-corrected chi connectivity index (χ3v) is 2.63. The summed E-state index contributed by atoms with van der Waals surface area (Å²) in [5, 5.41) is 4.78. The first-order chi connectivity index (χ1) is 6.00. The molecule has 14 heavy (non-hydrogen) atoms. The SMILES string of the molecule is C1CC[NH2+]CC1.C1CC[NH2+]CC1.[Br-].[Br-]. The second-order valence-corrected chi connectivity index (χ2v) is 3.85. The van der Waals surface area contributed by atoms with Gasteiger partial charge in [-0.3, -0.25) is 0 Å². The lowest BCUT2D eigenvalue weighted by Crippen LogP contribution is -3.00.